The first-order chi connectivity index (χ1) is 11.3. The third-order valence-corrected chi connectivity index (χ3v) is 6.00. The smallest absolute Gasteiger partial charge is 0.326 e. The van der Waals surface area contributed by atoms with Crippen molar-refractivity contribution in [1.82, 2.24) is 4.98 Å². The monoisotopic (exact) mass is 383 g/mol. The molecular formula is C16H11Cl2NO4S. The van der Waals surface area contributed by atoms with Gasteiger partial charge in [0.15, 0.2) is 15.1 Å². The average molecular weight is 384 g/mol. The van der Waals surface area contributed by atoms with E-state index in [1.807, 2.05) is 0 Å². The van der Waals surface area contributed by atoms with Crippen LogP contribution in [-0.4, -0.2) is 24.5 Å². The van der Waals surface area contributed by atoms with E-state index in [0.717, 1.165) is 10.9 Å². The van der Waals surface area contributed by atoms with E-state index < -0.39 is 21.1 Å². The maximum atomic E-state index is 12.8. The van der Waals surface area contributed by atoms with Crippen LogP contribution in [-0.2, 0) is 14.6 Å². The van der Waals surface area contributed by atoms with Gasteiger partial charge in [-0.15, -0.1) is 0 Å². The largest absolute Gasteiger partial charge is 0.480 e. The first-order valence-electron chi connectivity index (χ1n) is 6.79. The van der Waals surface area contributed by atoms with Crippen LogP contribution in [0, 0.1) is 0 Å². The molecule has 0 saturated carbocycles. The van der Waals surface area contributed by atoms with E-state index in [4.69, 9.17) is 23.2 Å². The van der Waals surface area contributed by atoms with Gasteiger partial charge in [-0.25, -0.2) is 8.42 Å². The molecule has 0 aliphatic rings. The Kier molecular flexibility index (Phi) is 4.29. The maximum Gasteiger partial charge on any atom is 0.326 e. The normalized spacial score (nSPS) is 13.1. The molecule has 0 spiro atoms. The molecule has 0 fully saturated rings. The molecule has 24 heavy (non-hydrogen) atoms. The van der Waals surface area contributed by atoms with Crippen molar-refractivity contribution < 1.29 is 18.3 Å². The number of fused-ring (bicyclic) bond motifs is 1. The summed E-state index contributed by atoms with van der Waals surface area (Å²) in [7, 11) is -4.23. The molecule has 2 aromatic carbocycles. The van der Waals surface area contributed by atoms with Gasteiger partial charge in [0.05, 0.1) is 4.90 Å². The lowest BCUT2D eigenvalue weighted by molar-refractivity contribution is -0.136. The Morgan fingerprint density at radius 3 is 2.33 bits per heavy atom. The van der Waals surface area contributed by atoms with Crippen LogP contribution < -0.4 is 0 Å². The number of carbonyl (C=O) groups is 1. The predicted octanol–water partition coefficient (Wildman–Crippen LogP) is 4.07. The van der Waals surface area contributed by atoms with Crippen LogP contribution in [0.1, 0.15) is 10.8 Å². The lowest BCUT2D eigenvalue weighted by atomic mass is 10.1. The second kappa shape index (κ2) is 6.12. The SMILES string of the molecule is O=C(O)C(c1ccc2[nH]ccc2c1)S(=O)(=O)c1cc(Cl)cc(Cl)c1. The molecule has 0 aliphatic heterocycles. The van der Waals surface area contributed by atoms with E-state index >= 15 is 0 Å². The summed E-state index contributed by atoms with van der Waals surface area (Å²) in [6, 6.07) is 10.1. The first kappa shape index (κ1) is 16.8. The van der Waals surface area contributed by atoms with Gasteiger partial charge in [-0.3, -0.25) is 4.79 Å². The molecule has 0 amide bonds. The van der Waals surface area contributed by atoms with E-state index in [-0.39, 0.29) is 20.5 Å². The number of sulfone groups is 1. The van der Waals surface area contributed by atoms with Gasteiger partial charge in [-0.1, -0.05) is 29.3 Å². The highest BCUT2D eigenvalue weighted by atomic mass is 35.5. The Morgan fingerprint density at radius 1 is 1.04 bits per heavy atom. The van der Waals surface area contributed by atoms with E-state index in [9.17, 15) is 18.3 Å². The number of hydrogen-bond acceptors (Lipinski definition) is 3. The van der Waals surface area contributed by atoms with Crippen molar-refractivity contribution in [2.75, 3.05) is 0 Å². The van der Waals surface area contributed by atoms with Gasteiger partial charge in [0, 0.05) is 21.8 Å². The van der Waals surface area contributed by atoms with Crippen molar-refractivity contribution in [2.24, 2.45) is 0 Å². The highest BCUT2D eigenvalue weighted by Gasteiger charge is 2.36. The van der Waals surface area contributed by atoms with Gasteiger partial charge < -0.3 is 10.1 Å². The topological polar surface area (TPSA) is 87.2 Å². The summed E-state index contributed by atoms with van der Waals surface area (Å²) in [5.41, 5.74) is 0.941. The van der Waals surface area contributed by atoms with Crippen molar-refractivity contribution in [3.8, 4) is 0 Å². The Bertz CT molecular complexity index is 1020. The van der Waals surface area contributed by atoms with Gasteiger partial charge in [0.25, 0.3) is 0 Å². The first-order valence-corrected chi connectivity index (χ1v) is 9.09. The van der Waals surface area contributed by atoms with Crippen LogP contribution in [0.15, 0.2) is 53.6 Å². The summed E-state index contributed by atoms with van der Waals surface area (Å²) in [5, 5.41) is 8.73. The minimum Gasteiger partial charge on any atom is -0.480 e. The van der Waals surface area contributed by atoms with Gasteiger partial charge in [0.2, 0.25) is 0 Å². The van der Waals surface area contributed by atoms with Crippen LogP contribution in [0.25, 0.3) is 10.9 Å². The molecule has 1 heterocycles. The number of H-pyrrole nitrogens is 1. The zero-order valence-electron chi connectivity index (χ0n) is 12.0. The Hall–Kier alpha value is -2.02. The summed E-state index contributed by atoms with van der Waals surface area (Å²) >= 11 is 11.7. The average Bonchev–Trinajstić information content (AvgIpc) is 2.93. The highest BCUT2D eigenvalue weighted by Crippen LogP contribution is 2.33. The van der Waals surface area contributed by atoms with Crippen molar-refractivity contribution in [3.63, 3.8) is 0 Å². The standard InChI is InChI=1S/C16H11Cl2NO4S/c17-11-6-12(18)8-13(7-11)24(22,23)15(16(20)21)10-1-2-14-9(5-10)3-4-19-14/h1-8,15,19H,(H,20,21). The lowest BCUT2D eigenvalue weighted by Gasteiger charge is -2.15. The zero-order valence-corrected chi connectivity index (χ0v) is 14.4. The van der Waals surface area contributed by atoms with Crippen LogP contribution in [0.3, 0.4) is 0 Å². The second-order valence-electron chi connectivity index (χ2n) is 5.19. The molecule has 1 atom stereocenters. The van der Waals surface area contributed by atoms with Gasteiger partial charge in [0.1, 0.15) is 0 Å². The molecule has 0 radical (unpaired) electrons. The van der Waals surface area contributed by atoms with Gasteiger partial charge >= 0.3 is 5.97 Å². The number of aromatic amines is 1. The molecule has 5 nitrogen and oxygen atoms in total. The van der Waals surface area contributed by atoms with Gasteiger partial charge in [-0.05, 0) is 47.3 Å². The summed E-state index contributed by atoms with van der Waals surface area (Å²) in [4.78, 5) is 14.4. The van der Waals surface area contributed by atoms with Crippen molar-refractivity contribution >= 4 is 49.9 Å². The van der Waals surface area contributed by atoms with Crippen LogP contribution in [0.5, 0.6) is 0 Å². The number of nitrogens with one attached hydrogen (secondary N) is 1. The van der Waals surface area contributed by atoms with E-state index in [0.29, 0.717) is 0 Å². The fourth-order valence-electron chi connectivity index (χ4n) is 2.52. The molecule has 0 aliphatic carbocycles. The second-order valence-corrected chi connectivity index (χ2v) is 8.10. The molecular weight excluding hydrogens is 373 g/mol. The molecule has 2 N–H and O–H groups in total. The number of halogens is 2. The molecule has 3 aromatic rings. The van der Waals surface area contributed by atoms with Gasteiger partial charge in [-0.2, -0.15) is 0 Å². The summed E-state index contributed by atoms with van der Waals surface area (Å²) < 4.78 is 25.7. The molecule has 0 bridgehead atoms. The van der Waals surface area contributed by atoms with Crippen molar-refractivity contribution in [3.05, 3.63) is 64.3 Å². The molecule has 1 aromatic heterocycles. The molecule has 1 unspecified atom stereocenters. The van der Waals surface area contributed by atoms with Crippen LogP contribution in [0.2, 0.25) is 10.0 Å². The highest BCUT2D eigenvalue weighted by molar-refractivity contribution is 7.92. The molecule has 3 rings (SSSR count). The molecule has 8 heteroatoms. The third-order valence-electron chi connectivity index (χ3n) is 3.58. The predicted molar refractivity (Wildman–Crippen MR) is 92.3 cm³/mol. The number of carboxylic acid groups (broad SMARTS) is 1. The Balaban J connectivity index is 2.17. The minimum atomic E-state index is -4.23. The zero-order chi connectivity index (χ0) is 17.5. The minimum absolute atomic E-state index is 0.117. The summed E-state index contributed by atoms with van der Waals surface area (Å²) in [6.07, 6.45) is 1.69. The lowest BCUT2D eigenvalue weighted by Crippen LogP contribution is -2.22. The fraction of sp³-hybridized carbons (Fsp3) is 0.0625. The van der Waals surface area contributed by atoms with Crippen molar-refractivity contribution in [1.29, 1.82) is 0 Å². The quantitative estimate of drug-likeness (QED) is 0.710. The number of benzene rings is 2. The number of aliphatic carboxylic acids is 1. The molecule has 0 saturated heterocycles. The fourth-order valence-corrected chi connectivity index (χ4v) is 4.80. The molecule has 124 valence electrons. The summed E-state index contributed by atoms with van der Waals surface area (Å²) in [6.45, 7) is 0. The third kappa shape index (κ3) is 3.00. The Labute approximate surface area is 147 Å². The van der Waals surface area contributed by atoms with Crippen LogP contribution in [0.4, 0.5) is 0 Å². The van der Waals surface area contributed by atoms with Crippen molar-refractivity contribution in [2.45, 2.75) is 10.1 Å². The van der Waals surface area contributed by atoms with E-state index in [1.54, 1.807) is 18.3 Å². The Morgan fingerprint density at radius 2 is 1.71 bits per heavy atom. The summed E-state index contributed by atoms with van der Waals surface area (Å²) in [5.74, 6) is -1.47. The number of hydrogen-bond donors (Lipinski definition) is 2. The number of carboxylic acids is 1. The van der Waals surface area contributed by atoms with E-state index in [2.05, 4.69) is 4.98 Å². The number of rotatable bonds is 4. The number of aromatic nitrogens is 1. The van der Waals surface area contributed by atoms with Crippen LogP contribution >= 0.6 is 23.2 Å². The maximum absolute atomic E-state index is 12.8. The van der Waals surface area contributed by atoms with E-state index in [1.165, 1.54) is 30.3 Å².